The Morgan fingerprint density at radius 2 is 1.41 bits per heavy atom. The summed E-state index contributed by atoms with van der Waals surface area (Å²) in [5.41, 5.74) is 1.12. The number of rotatable bonds is 15. The monoisotopic (exact) mass is 306 g/mol. The van der Waals surface area contributed by atoms with Gasteiger partial charge in [0, 0.05) is 31.8 Å². The van der Waals surface area contributed by atoms with Crippen molar-refractivity contribution in [3.63, 3.8) is 0 Å². The van der Waals surface area contributed by atoms with E-state index in [4.69, 9.17) is 4.74 Å². The van der Waals surface area contributed by atoms with Gasteiger partial charge in [-0.25, -0.2) is 0 Å². The Hall–Kier alpha value is -0.960. The highest BCUT2D eigenvalue weighted by molar-refractivity contribution is 4.94. The molecule has 0 amide bonds. The van der Waals surface area contributed by atoms with Gasteiger partial charge in [0.1, 0.15) is 0 Å². The number of ether oxygens (including phenoxy) is 1. The van der Waals surface area contributed by atoms with Gasteiger partial charge in [-0.2, -0.15) is 0 Å². The van der Waals surface area contributed by atoms with E-state index in [-0.39, 0.29) is 0 Å². The van der Waals surface area contributed by atoms with Crippen molar-refractivity contribution in [3.05, 3.63) is 24.3 Å². The van der Waals surface area contributed by atoms with Gasteiger partial charge in [-0.1, -0.05) is 58.3 Å². The Labute approximate surface area is 136 Å². The second kappa shape index (κ2) is 15.0. The van der Waals surface area contributed by atoms with Gasteiger partial charge >= 0.3 is 0 Å². The molecule has 0 saturated heterocycles. The predicted molar refractivity (Wildman–Crippen MR) is 93.0 cm³/mol. The second-order valence-electron chi connectivity index (χ2n) is 6.09. The van der Waals surface area contributed by atoms with E-state index in [9.17, 15) is 0 Å². The van der Waals surface area contributed by atoms with Crippen LogP contribution in [0.3, 0.4) is 0 Å². The fourth-order valence-electron chi connectivity index (χ4n) is 2.59. The van der Waals surface area contributed by atoms with E-state index < -0.39 is 0 Å². The van der Waals surface area contributed by atoms with Gasteiger partial charge < -0.3 is 4.74 Å². The Balaban J connectivity index is 1.73. The van der Waals surface area contributed by atoms with Crippen LogP contribution in [0.4, 0.5) is 0 Å². The molecule has 22 heavy (non-hydrogen) atoms. The SMILES string of the molecule is CCCCCCOCCCCCCCCCc1cnccn1. The maximum Gasteiger partial charge on any atom is 0.0586 e. The van der Waals surface area contributed by atoms with E-state index >= 15 is 0 Å². The van der Waals surface area contributed by atoms with Gasteiger partial charge in [0.15, 0.2) is 0 Å². The molecule has 1 aromatic rings. The molecule has 0 fully saturated rings. The van der Waals surface area contributed by atoms with Gasteiger partial charge in [0.25, 0.3) is 0 Å². The third-order valence-electron chi connectivity index (χ3n) is 3.98. The van der Waals surface area contributed by atoms with Crippen LogP contribution in [0.1, 0.15) is 83.2 Å². The molecule has 0 atom stereocenters. The van der Waals surface area contributed by atoms with Crippen LogP contribution >= 0.6 is 0 Å². The molecule has 3 heteroatoms. The minimum absolute atomic E-state index is 0.957. The standard InChI is InChI=1S/C19H34N2O/c1-2-3-4-11-16-22-17-12-9-7-5-6-8-10-13-19-18-20-14-15-21-19/h14-15,18H,2-13,16-17H2,1H3. The fourth-order valence-corrected chi connectivity index (χ4v) is 2.59. The molecule has 0 saturated carbocycles. The van der Waals surface area contributed by atoms with Crippen LogP contribution in [0.5, 0.6) is 0 Å². The minimum Gasteiger partial charge on any atom is -0.381 e. The maximum atomic E-state index is 5.66. The van der Waals surface area contributed by atoms with E-state index in [1.807, 2.05) is 6.20 Å². The number of hydrogen-bond donors (Lipinski definition) is 0. The average Bonchev–Trinajstić information content (AvgIpc) is 2.56. The number of aryl methyl sites for hydroxylation is 1. The molecule has 0 aliphatic heterocycles. The molecule has 0 aromatic carbocycles. The normalized spacial score (nSPS) is 11.0. The molecule has 1 rings (SSSR count). The number of unbranched alkanes of at least 4 members (excludes halogenated alkanes) is 9. The topological polar surface area (TPSA) is 35.0 Å². The lowest BCUT2D eigenvalue weighted by atomic mass is 10.1. The lowest BCUT2D eigenvalue weighted by Crippen LogP contribution is -1.97. The quantitative estimate of drug-likeness (QED) is 0.410. The van der Waals surface area contributed by atoms with Crippen molar-refractivity contribution in [3.8, 4) is 0 Å². The molecule has 0 aliphatic rings. The number of aromatic nitrogens is 2. The van der Waals surface area contributed by atoms with Gasteiger partial charge in [0.05, 0.1) is 5.69 Å². The van der Waals surface area contributed by atoms with Gasteiger partial charge in [-0.15, -0.1) is 0 Å². The summed E-state index contributed by atoms with van der Waals surface area (Å²) in [7, 11) is 0. The number of hydrogen-bond acceptors (Lipinski definition) is 3. The number of nitrogens with zero attached hydrogens (tertiary/aromatic N) is 2. The Kier molecular flexibility index (Phi) is 13.0. The van der Waals surface area contributed by atoms with E-state index in [0.717, 1.165) is 25.3 Å². The second-order valence-corrected chi connectivity index (χ2v) is 6.09. The lowest BCUT2D eigenvalue weighted by Gasteiger charge is -2.04. The van der Waals surface area contributed by atoms with Gasteiger partial charge in [-0.3, -0.25) is 9.97 Å². The molecule has 0 radical (unpaired) electrons. The predicted octanol–water partition coefficient (Wildman–Crippen LogP) is 5.35. The van der Waals surface area contributed by atoms with Crippen LogP contribution in [0, 0.1) is 0 Å². The Morgan fingerprint density at radius 3 is 2.05 bits per heavy atom. The summed E-state index contributed by atoms with van der Waals surface area (Å²) in [5, 5.41) is 0. The summed E-state index contributed by atoms with van der Waals surface area (Å²) in [4.78, 5) is 8.40. The zero-order valence-corrected chi connectivity index (χ0v) is 14.4. The van der Waals surface area contributed by atoms with Gasteiger partial charge in [0.2, 0.25) is 0 Å². The third-order valence-corrected chi connectivity index (χ3v) is 3.98. The van der Waals surface area contributed by atoms with E-state index in [1.54, 1.807) is 12.4 Å². The molecular formula is C19H34N2O. The van der Waals surface area contributed by atoms with Crippen molar-refractivity contribution in [2.45, 2.75) is 84.0 Å². The largest absolute Gasteiger partial charge is 0.381 e. The highest BCUT2D eigenvalue weighted by Crippen LogP contribution is 2.09. The fraction of sp³-hybridized carbons (Fsp3) is 0.789. The van der Waals surface area contributed by atoms with Crippen LogP contribution in [0.15, 0.2) is 18.6 Å². The molecule has 3 nitrogen and oxygen atoms in total. The molecule has 0 bridgehead atoms. The van der Waals surface area contributed by atoms with Crippen LogP contribution in [-0.2, 0) is 11.2 Å². The lowest BCUT2D eigenvalue weighted by molar-refractivity contribution is 0.125. The zero-order valence-electron chi connectivity index (χ0n) is 14.4. The van der Waals surface area contributed by atoms with Crippen molar-refractivity contribution in [1.29, 1.82) is 0 Å². The first-order valence-corrected chi connectivity index (χ1v) is 9.26. The highest BCUT2D eigenvalue weighted by atomic mass is 16.5. The first-order valence-electron chi connectivity index (χ1n) is 9.26. The average molecular weight is 306 g/mol. The van der Waals surface area contributed by atoms with Crippen LogP contribution in [0.2, 0.25) is 0 Å². The van der Waals surface area contributed by atoms with Crippen LogP contribution in [0.25, 0.3) is 0 Å². The summed E-state index contributed by atoms with van der Waals surface area (Å²) in [6, 6.07) is 0. The molecule has 0 spiro atoms. The van der Waals surface area contributed by atoms with Crippen LogP contribution < -0.4 is 0 Å². The molecular weight excluding hydrogens is 272 g/mol. The first kappa shape index (κ1) is 19.1. The van der Waals surface area contributed by atoms with Crippen molar-refractivity contribution in [2.24, 2.45) is 0 Å². The van der Waals surface area contributed by atoms with Crippen LogP contribution in [-0.4, -0.2) is 23.2 Å². The smallest absolute Gasteiger partial charge is 0.0586 e. The molecule has 0 N–H and O–H groups in total. The molecule has 1 aromatic heterocycles. The van der Waals surface area contributed by atoms with E-state index in [1.165, 1.54) is 70.6 Å². The highest BCUT2D eigenvalue weighted by Gasteiger charge is 1.96. The summed E-state index contributed by atoms with van der Waals surface area (Å²) < 4.78 is 5.66. The Bertz CT molecular complexity index is 329. The van der Waals surface area contributed by atoms with Crippen molar-refractivity contribution in [1.82, 2.24) is 9.97 Å². The minimum atomic E-state index is 0.957. The summed E-state index contributed by atoms with van der Waals surface area (Å²) in [6.07, 6.45) is 20.8. The molecule has 0 unspecified atom stereocenters. The van der Waals surface area contributed by atoms with Crippen molar-refractivity contribution in [2.75, 3.05) is 13.2 Å². The Morgan fingerprint density at radius 1 is 0.773 bits per heavy atom. The zero-order chi connectivity index (χ0) is 15.7. The van der Waals surface area contributed by atoms with Crippen molar-refractivity contribution >= 4 is 0 Å². The molecule has 0 aliphatic carbocycles. The third kappa shape index (κ3) is 11.7. The molecule has 126 valence electrons. The molecule has 1 heterocycles. The summed E-state index contributed by atoms with van der Waals surface area (Å²) in [5.74, 6) is 0. The maximum absolute atomic E-state index is 5.66. The summed E-state index contributed by atoms with van der Waals surface area (Å²) >= 11 is 0. The van der Waals surface area contributed by atoms with Crippen molar-refractivity contribution < 1.29 is 4.74 Å². The van der Waals surface area contributed by atoms with Gasteiger partial charge in [-0.05, 0) is 25.7 Å². The van der Waals surface area contributed by atoms with E-state index in [2.05, 4.69) is 16.9 Å². The van der Waals surface area contributed by atoms with E-state index in [0.29, 0.717) is 0 Å². The summed E-state index contributed by atoms with van der Waals surface area (Å²) in [6.45, 7) is 4.16. The first-order chi connectivity index (χ1) is 10.9.